The lowest BCUT2D eigenvalue weighted by Crippen LogP contribution is -2.49. The van der Waals surface area contributed by atoms with Gasteiger partial charge in [-0.15, -0.1) is 11.3 Å². The average molecular weight is 308 g/mol. The summed E-state index contributed by atoms with van der Waals surface area (Å²) in [5.41, 5.74) is -0.324. The van der Waals surface area contributed by atoms with E-state index in [9.17, 15) is 9.59 Å². The van der Waals surface area contributed by atoms with Gasteiger partial charge in [0.1, 0.15) is 0 Å². The van der Waals surface area contributed by atoms with Gasteiger partial charge in [-0.3, -0.25) is 9.59 Å². The summed E-state index contributed by atoms with van der Waals surface area (Å²) in [7, 11) is 0. The first-order valence-corrected chi connectivity index (χ1v) is 8.35. The molecule has 0 unspecified atom stereocenters. The molecule has 0 aliphatic carbocycles. The van der Waals surface area contributed by atoms with Crippen LogP contribution in [0.25, 0.3) is 0 Å². The number of hydrogen-bond donors (Lipinski definition) is 1. The van der Waals surface area contributed by atoms with Gasteiger partial charge in [0.05, 0.1) is 6.42 Å². The summed E-state index contributed by atoms with van der Waals surface area (Å²) in [5.74, 6) is 0.281. The number of amides is 2. The van der Waals surface area contributed by atoms with E-state index in [0.29, 0.717) is 6.42 Å². The number of thiophene rings is 1. The van der Waals surface area contributed by atoms with Crippen molar-refractivity contribution >= 4 is 23.2 Å². The number of rotatable bonds is 3. The van der Waals surface area contributed by atoms with E-state index in [1.807, 2.05) is 43.2 Å². The van der Waals surface area contributed by atoms with Gasteiger partial charge in [0.15, 0.2) is 0 Å². The third-order valence-electron chi connectivity index (χ3n) is 3.70. The first-order valence-electron chi connectivity index (χ1n) is 7.47. The summed E-state index contributed by atoms with van der Waals surface area (Å²) in [6.45, 7) is 7.32. The number of nitrogens with one attached hydrogen (secondary N) is 1. The topological polar surface area (TPSA) is 49.4 Å². The maximum Gasteiger partial charge on any atom is 0.227 e. The third kappa shape index (κ3) is 4.56. The molecule has 1 aliphatic heterocycles. The highest BCUT2D eigenvalue weighted by molar-refractivity contribution is 7.10. The van der Waals surface area contributed by atoms with Crippen molar-refractivity contribution in [2.24, 2.45) is 5.41 Å². The fourth-order valence-corrected chi connectivity index (χ4v) is 3.25. The van der Waals surface area contributed by atoms with Crippen LogP contribution in [0.15, 0.2) is 17.5 Å². The normalized spacial score (nSPS) is 16.8. The van der Waals surface area contributed by atoms with E-state index in [4.69, 9.17) is 0 Å². The molecule has 1 aromatic heterocycles. The maximum absolute atomic E-state index is 12.2. The zero-order valence-corrected chi connectivity index (χ0v) is 13.8. The SMILES string of the molecule is CC(C)(C)C(=O)N1CCC(NC(=O)Cc2cccs2)CC1. The van der Waals surface area contributed by atoms with Crippen LogP contribution in [0.4, 0.5) is 0 Å². The highest BCUT2D eigenvalue weighted by Gasteiger charge is 2.30. The maximum atomic E-state index is 12.2. The van der Waals surface area contributed by atoms with Crippen molar-refractivity contribution in [3.05, 3.63) is 22.4 Å². The molecule has 4 nitrogen and oxygen atoms in total. The Bertz CT molecular complexity index is 483. The van der Waals surface area contributed by atoms with Gasteiger partial charge in [-0.05, 0) is 24.3 Å². The molecule has 1 aromatic rings. The van der Waals surface area contributed by atoms with Crippen LogP contribution in [0.3, 0.4) is 0 Å². The van der Waals surface area contributed by atoms with Gasteiger partial charge >= 0.3 is 0 Å². The van der Waals surface area contributed by atoms with E-state index in [-0.39, 0.29) is 23.3 Å². The smallest absolute Gasteiger partial charge is 0.227 e. The van der Waals surface area contributed by atoms with Crippen LogP contribution in [-0.4, -0.2) is 35.8 Å². The highest BCUT2D eigenvalue weighted by Crippen LogP contribution is 2.21. The minimum atomic E-state index is -0.324. The van der Waals surface area contributed by atoms with Crippen LogP contribution < -0.4 is 5.32 Å². The second-order valence-electron chi connectivity index (χ2n) is 6.64. The Morgan fingerprint density at radius 1 is 1.33 bits per heavy atom. The standard InChI is InChI=1S/C16H24N2O2S/c1-16(2,3)15(20)18-8-6-12(7-9-18)17-14(19)11-13-5-4-10-21-13/h4-5,10,12H,6-9,11H2,1-3H3,(H,17,19). The number of likely N-dealkylation sites (tertiary alicyclic amines) is 1. The van der Waals surface area contributed by atoms with Crippen molar-refractivity contribution < 1.29 is 9.59 Å². The van der Waals surface area contributed by atoms with Gasteiger partial charge in [-0.2, -0.15) is 0 Å². The van der Waals surface area contributed by atoms with Gasteiger partial charge in [0.25, 0.3) is 0 Å². The summed E-state index contributed by atoms with van der Waals surface area (Å²) < 4.78 is 0. The van der Waals surface area contributed by atoms with Crippen LogP contribution in [-0.2, 0) is 16.0 Å². The van der Waals surface area contributed by atoms with Crippen LogP contribution >= 0.6 is 11.3 Å². The second-order valence-corrected chi connectivity index (χ2v) is 7.67. The number of piperidine rings is 1. The van der Waals surface area contributed by atoms with Crippen molar-refractivity contribution in [3.8, 4) is 0 Å². The molecule has 2 amide bonds. The average Bonchev–Trinajstić information content (AvgIpc) is 2.90. The van der Waals surface area contributed by atoms with Gasteiger partial charge < -0.3 is 10.2 Å². The van der Waals surface area contributed by atoms with Gasteiger partial charge in [0.2, 0.25) is 11.8 Å². The van der Waals surface area contributed by atoms with E-state index in [0.717, 1.165) is 30.8 Å². The molecule has 2 rings (SSSR count). The highest BCUT2D eigenvalue weighted by atomic mass is 32.1. The van der Waals surface area contributed by atoms with Crippen molar-refractivity contribution in [3.63, 3.8) is 0 Å². The summed E-state index contributed by atoms with van der Waals surface area (Å²) in [5, 5.41) is 5.07. The van der Waals surface area contributed by atoms with E-state index in [2.05, 4.69) is 5.32 Å². The lowest BCUT2D eigenvalue weighted by molar-refractivity contribution is -0.140. The molecule has 1 aliphatic rings. The summed E-state index contributed by atoms with van der Waals surface area (Å²) in [6, 6.07) is 4.14. The van der Waals surface area contributed by atoms with Crippen LogP contribution in [0, 0.1) is 5.41 Å². The minimum Gasteiger partial charge on any atom is -0.353 e. The zero-order valence-electron chi connectivity index (χ0n) is 13.0. The molecule has 1 N–H and O–H groups in total. The van der Waals surface area contributed by atoms with Crippen molar-refractivity contribution in [2.75, 3.05) is 13.1 Å². The van der Waals surface area contributed by atoms with Crippen LogP contribution in [0.2, 0.25) is 0 Å². The van der Waals surface area contributed by atoms with E-state index in [1.165, 1.54) is 0 Å². The Morgan fingerprint density at radius 3 is 2.52 bits per heavy atom. The Labute approximate surface area is 130 Å². The third-order valence-corrected chi connectivity index (χ3v) is 4.58. The van der Waals surface area contributed by atoms with Crippen molar-refractivity contribution in [1.82, 2.24) is 10.2 Å². The van der Waals surface area contributed by atoms with E-state index < -0.39 is 0 Å². The summed E-state index contributed by atoms with van der Waals surface area (Å²) >= 11 is 1.61. The molecule has 116 valence electrons. The van der Waals surface area contributed by atoms with Crippen LogP contribution in [0.5, 0.6) is 0 Å². The van der Waals surface area contributed by atoms with Gasteiger partial charge in [0, 0.05) is 29.4 Å². The zero-order chi connectivity index (χ0) is 15.5. The molecule has 2 heterocycles. The number of hydrogen-bond acceptors (Lipinski definition) is 3. The molecule has 5 heteroatoms. The molecule has 0 atom stereocenters. The number of nitrogens with zero attached hydrogens (tertiary/aromatic N) is 1. The van der Waals surface area contributed by atoms with Crippen LogP contribution in [0.1, 0.15) is 38.5 Å². The summed E-state index contributed by atoms with van der Waals surface area (Å²) in [6.07, 6.45) is 2.15. The minimum absolute atomic E-state index is 0.0815. The second kappa shape index (κ2) is 6.60. The number of carbonyl (C=O) groups is 2. The Hall–Kier alpha value is -1.36. The fourth-order valence-electron chi connectivity index (χ4n) is 2.55. The molecule has 1 saturated heterocycles. The monoisotopic (exact) mass is 308 g/mol. The largest absolute Gasteiger partial charge is 0.353 e. The molecular formula is C16H24N2O2S. The Kier molecular flexibility index (Phi) is 5.04. The molecule has 21 heavy (non-hydrogen) atoms. The predicted molar refractivity (Wildman–Crippen MR) is 85.2 cm³/mol. The molecule has 0 radical (unpaired) electrons. The van der Waals surface area contributed by atoms with Crippen molar-refractivity contribution in [1.29, 1.82) is 0 Å². The molecular weight excluding hydrogens is 284 g/mol. The molecule has 0 spiro atoms. The molecule has 0 bridgehead atoms. The lowest BCUT2D eigenvalue weighted by atomic mass is 9.93. The first kappa shape index (κ1) is 16.0. The molecule has 1 fully saturated rings. The quantitative estimate of drug-likeness (QED) is 0.932. The lowest BCUT2D eigenvalue weighted by Gasteiger charge is -2.36. The van der Waals surface area contributed by atoms with Gasteiger partial charge in [-0.1, -0.05) is 26.8 Å². The van der Waals surface area contributed by atoms with E-state index >= 15 is 0 Å². The van der Waals surface area contributed by atoms with Gasteiger partial charge in [-0.25, -0.2) is 0 Å². The fraction of sp³-hybridized carbons (Fsp3) is 0.625. The summed E-state index contributed by atoms with van der Waals surface area (Å²) in [4.78, 5) is 27.2. The molecule has 0 aromatic carbocycles. The Balaban J connectivity index is 1.76. The predicted octanol–water partition coefficient (Wildman–Crippen LogP) is 2.44. The number of carbonyl (C=O) groups excluding carboxylic acids is 2. The first-order chi connectivity index (χ1) is 9.86. The molecule has 0 saturated carbocycles. The Morgan fingerprint density at radius 2 is 2.00 bits per heavy atom. The van der Waals surface area contributed by atoms with E-state index in [1.54, 1.807) is 11.3 Å². The van der Waals surface area contributed by atoms with Crippen molar-refractivity contribution in [2.45, 2.75) is 46.1 Å².